The van der Waals surface area contributed by atoms with Crippen molar-refractivity contribution >= 4 is 17.3 Å². The number of amides is 1. The van der Waals surface area contributed by atoms with Gasteiger partial charge in [-0.05, 0) is 25.0 Å². The maximum Gasteiger partial charge on any atom is 0.574 e. The molecule has 160 valence electrons. The highest BCUT2D eigenvalue weighted by atomic mass is 19.4. The SMILES string of the molecule is C=C(F)C(=O)N1CC=C(/C(=N/C=C\C)C(=C)Nc2ccc(OC(F)(F)F)nc2)CC1. The van der Waals surface area contributed by atoms with E-state index in [0.29, 0.717) is 23.5 Å². The Morgan fingerprint density at radius 3 is 2.60 bits per heavy atom. The molecule has 1 aromatic rings. The van der Waals surface area contributed by atoms with Gasteiger partial charge in [-0.2, -0.15) is 0 Å². The number of alkyl halides is 3. The first kappa shape index (κ1) is 22.9. The smallest absolute Gasteiger partial charge is 0.388 e. The highest BCUT2D eigenvalue weighted by Gasteiger charge is 2.31. The van der Waals surface area contributed by atoms with Crippen molar-refractivity contribution in [3.63, 3.8) is 0 Å². The molecule has 2 heterocycles. The third-order valence-electron chi connectivity index (χ3n) is 3.92. The van der Waals surface area contributed by atoms with Gasteiger partial charge in [0.25, 0.3) is 5.91 Å². The summed E-state index contributed by atoms with van der Waals surface area (Å²) in [7, 11) is 0. The van der Waals surface area contributed by atoms with E-state index in [1.54, 1.807) is 25.3 Å². The largest absolute Gasteiger partial charge is 0.574 e. The Balaban J connectivity index is 2.13. The molecule has 1 N–H and O–H groups in total. The van der Waals surface area contributed by atoms with Gasteiger partial charge in [0, 0.05) is 25.4 Å². The van der Waals surface area contributed by atoms with Crippen molar-refractivity contribution in [2.45, 2.75) is 19.7 Å². The summed E-state index contributed by atoms with van der Waals surface area (Å²) in [5, 5.41) is 2.94. The summed E-state index contributed by atoms with van der Waals surface area (Å²) in [6.07, 6.45) is 1.76. The summed E-state index contributed by atoms with van der Waals surface area (Å²) in [5.41, 5.74) is 2.03. The second-order valence-corrected chi connectivity index (χ2v) is 6.13. The maximum absolute atomic E-state index is 13.1. The van der Waals surface area contributed by atoms with Gasteiger partial charge in [-0.15, -0.1) is 13.2 Å². The molecule has 0 aromatic carbocycles. The van der Waals surface area contributed by atoms with Gasteiger partial charge in [0.05, 0.1) is 23.3 Å². The minimum Gasteiger partial charge on any atom is -0.388 e. The third-order valence-corrected chi connectivity index (χ3v) is 3.92. The summed E-state index contributed by atoms with van der Waals surface area (Å²) in [5.74, 6) is -2.37. The summed E-state index contributed by atoms with van der Waals surface area (Å²) < 4.78 is 53.5. The fourth-order valence-electron chi connectivity index (χ4n) is 2.61. The fourth-order valence-corrected chi connectivity index (χ4v) is 2.61. The molecule has 0 atom stereocenters. The van der Waals surface area contributed by atoms with Gasteiger partial charge in [-0.25, -0.2) is 9.37 Å². The van der Waals surface area contributed by atoms with Crippen molar-refractivity contribution in [1.29, 1.82) is 0 Å². The van der Waals surface area contributed by atoms with E-state index in [-0.39, 0.29) is 13.1 Å². The number of rotatable bonds is 7. The number of nitrogens with one attached hydrogen (secondary N) is 1. The molecule has 6 nitrogen and oxygen atoms in total. The van der Waals surface area contributed by atoms with Gasteiger partial charge in [-0.1, -0.05) is 25.3 Å². The highest BCUT2D eigenvalue weighted by molar-refractivity contribution is 6.14. The van der Waals surface area contributed by atoms with Gasteiger partial charge in [-0.3, -0.25) is 9.79 Å². The predicted octanol–water partition coefficient (Wildman–Crippen LogP) is 4.52. The van der Waals surface area contributed by atoms with Gasteiger partial charge in [0.2, 0.25) is 5.88 Å². The van der Waals surface area contributed by atoms with Crippen molar-refractivity contribution in [2.24, 2.45) is 4.99 Å². The van der Waals surface area contributed by atoms with Crippen LogP contribution in [-0.2, 0) is 4.79 Å². The Morgan fingerprint density at radius 2 is 2.10 bits per heavy atom. The Morgan fingerprint density at radius 1 is 1.37 bits per heavy atom. The minimum absolute atomic E-state index is 0.185. The maximum atomic E-state index is 13.1. The molecular formula is C20H20F4N4O2. The number of allylic oxidation sites excluding steroid dienone is 2. The summed E-state index contributed by atoms with van der Waals surface area (Å²) in [4.78, 5) is 21.0. The molecule has 0 fully saturated rings. The van der Waals surface area contributed by atoms with Crippen molar-refractivity contribution in [1.82, 2.24) is 9.88 Å². The lowest BCUT2D eigenvalue weighted by Gasteiger charge is -2.27. The summed E-state index contributed by atoms with van der Waals surface area (Å²) in [6, 6.07) is 2.42. The number of hydrogen-bond donors (Lipinski definition) is 1. The van der Waals surface area contributed by atoms with Crippen LogP contribution in [0.4, 0.5) is 23.2 Å². The van der Waals surface area contributed by atoms with E-state index in [2.05, 4.69) is 33.2 Å². The van der Waals surface area contributed by atoms with Crippen LogP contribution in [-0.4, -0.2) is 41.0 Å². The van der Waals surface area contributed by atoms with Crippen molar-refractivity contribution < 1.29 is 27.1 Å². The van der Waals surface area contributed by atoms with Crippen LogP contribution in [0.25, 0.3) is 0 Å². The van der Waals surface area contributed by atoms with Crippen LogP contribution in [0, 0.1) is 0 Å². The van der Waals surface area contributed by atoms with Crippen LogP contribution in [0.3, 0.4) is 0 Å². The van der Waals surface area contributed by atoms with E-state index in [0.717, 1.165) is 11.6 Å². The second kappa shape index (κ2) is 9.86. The normalized spacial score (nSPS) is 15.0. The summed E-state index contributed by atoms with van der Waals surface area (Å²) >= 11 is 0. The van der Waals surface area contributed by atoms with E-state index < -0.39 is 24.0 Å². The Kier molecular flexibility index (Phi) is 7.51. The van der Waals surface area contributed by atoms with Crippen molar-refractivity contribution in [2.75, 3.05) is 18.4 Å². The first-order valence-electron chi connectivity index (χ1n) is 8.81. The van der Waals surface area contributed by atoms with E-state index in [1.165, 1.54) is 17.2 Å². The Bertz CT molecular complexity index is 902. The number of carbonyl (C=O) groups is 1. The monoisotopic (exact) mass is 424 g/mol. The average Bonchev–Trinajstić information content (AvgIpc) is 2.68. The number of nitrogens with zero attached hydrogens (tertiary/aromatic N) is 3. The first-order valence-corrected chi connectivity index (χ1v) is 8.81. The fraction of sp³-hybridized carbons (Fsp3) is 0.250. The molecule has 0 radical (unpaired) electrons. The first-order chi connectivity index (χ1) is 14.1. The standard InChI is InChI=1S/C20H20F4N4O2/c1-4-9-25-18(15-7-10-28(11-8-15)19(29)13(2)21)14(3)27-16-5-6-17(26-12-16)30-20(22,23)24/h4-7,9,12,27H,2-3,8,10-11H2,1H3/b9-4-,25-18+. The zero-order valence-electron chi connectivity index (χ0n) is 16.2. The number of aromatic nitrogens is 1. The number of carbonyl (C=O) groups excluding carboxylic acids is 1. The van der Waals surface area contributed by atoms with Gasteiger partial charge < -0.3 is 15.0 Å². The van der Waals surface area contributed by atoms with E-state index in [4.69, 9.17) is 0 Å². The molecule has 1 aromatic heterocycles. The second-order valence-electron chi connectivity index (χ2n) is 6.13. The number of anilines is 1. The molecule has 10 heteroatoms. The lowest BCUT2D eigenvalue weighted by molar-refractivity contribution is -0.276. The highest BCUT2D eigenvalue weighted by Crippen LogP contribution is 2.23. The van der Waals surface area contributed by atoms with Crippen LogP contribution < -0.4 is 10.1 Å². The van der Waals surface area contributed by atoms with E-state index in [1.807, 2.05) is 0 Å². The van der Waals surface area contributed by atoms with Gasteiger partial charge in [0.1, 0.15) is 0 Å². The van der Waals surface area contributed by atoms with Crippen LogP contribution in [0.1, 0.15) is 13.3 Å². The van der Waals surface area contributed by atoms with Gasteiger partial charge in [0.15, 0.2) is 5.83 Å². The molecule has 2 rings (SSSR count). The minimum atomic E-state index is -4.82. The zero-order chi connectivity index (χ0) is 22.3. The topological polar surface area (TPSA) is 66.8 Å². The number of ether oxygens (including phenoxy) is 1. The van der Waals surface area contributed by atoms with Crippen molar-refractivity contribution in [3.8, 4) is 5.88 Å². The number of halogens is 4. The molecule has 0 bridgehead atoms. The molecular weight excluding hydrogens is 404 g/mol. The average molecular weight is 424 g/mol. The molecule has 0 saturated carbocycles. The molecule has 0 unspecified atom stereocenters. The molecule has 0 spiro atoms. The predicted molar refractivity (Wildman–Crippen MR) is 105 cm³/mol. The molecule has 1 aliphatic rings. The Labute approximate surface area is 171 Å². The molecule has 1 aliphatic heterocycles. The molecule has 0 aliphatic carbocycles. The third kappa shape index (κ3) is 6.57. The summed E-state index contributed by atoms with van der Waals surface area (Å²) in [6.45, 7) is 9.19. The lowest BCUT2D eigenvalue weighted by atomic mass is 10.0. The van der Waals surface area contributed by atoms with Gasteiger partial charge >= 0.3 is 6.36 Å². The van der Waals surface area contributed by atoms with Crippen LogP contribution in [0.15, 0.2) is 71.9 Å². The molecule has 30 heavy (non-hydrogen) atoms. The lowest BCUT2D eigenvalue weighted by Crippen LogP contribution is -2.36. The number of aliphatic imine (C=N–C) groups is 1. The molecule has 1 amide bonds. The quantitative estimate of drug-likeness (QED) is 0.397. The van der Waals surface area contributed by atoms with Crippen LogP contribution in [0.5, 0.6) is 5.88 Å². The number of pyridine rings is 1. The van der Waals surface area contributed by atoms with E-state index >= 15 is 0 Å². The van der Waals surface area contributed by atoms with E-state index in [9.17, 15) is 22.4 Å². The molecule has 0 saturated heterocycles. The Hall–Kier alpha value is -3.43. The van der Waals surface area contributed by atoms with Crippen LogP contribution >= 0.6 is 0 Å². The zero-order valence-corrected chi connectivity index (χ0v) is 16.2. The van der Waals surface area contributed by atoms with Crippen molar-refractivity contribution in [3.05, 3.63) is 66.9 Å². The number of hydrogen-bond acceptors (Lipinski definition) is 5. The van der Waals surface area contributed by atoms with Crippen LogP contribution in [0.2, 0.25) is 0 Å².